The molecule has 1 heterocycles. The molecule has 0 amide bonds. The number of halogens is 3. The maximum absolute atomic E-state index is 12.7. The van der Waals surface area contributed by atoms with Crippen LogP contribution in [0.1, 0.15) is 85.0 Å². The van der Waals surface area contributed by atoms with Crippen molar-refractivity contribution in [2.75, 3.05) is 0 Å². The molecule has 3 nitrogen and oxygen atoms in total. The van der Waals surface area contributed by atoms with Crippen LogP contribution in [0.15, 0.2) is 35.4 Å². The number of aromatic nitrogens is 2. The van der Waals surface area contributed by atoms with Gasteiger partial charge in [-0.1, -0.05) is 45.4 Å². The molecular formula is C24H37F3N2O. The molecule has 2 rings (SSSR count). The third-order valence-electron chi connectivity index (χ3n) is 4.68. The zero-order valence-electron chi connectivity index (χ0n) is 19.4. The Morgan fingerprint density at radius 2 is 1.93 bits per heavy atom. The highest BCUT2D eigenvalue weighted by Crippen LogP contribution is 2.36. The summed E-state index contributed by atoms with van der Waals surface area (Å²) in [7, 11) is 0. The van der Waals surface area contributed by atoms with Crippen molar-refractivity contribution in [1.82, 2.24) is 10.2 Å². The van der Waals surface area contributed by atoms with E-state index in [1.807, 2.05) is 46.8 Å². The molecule has 0 bridgehead atoms. The molecule has 1 aliphatic carbocycles. The van der Waals surface area contributed by atoms with Crippen molar-refractivity contribution in [1.29, 1.82) is 0 Å². The normalized spacial score (nSPS) is 15.1. The number of nitrogens with zero attached hydrogens (tertiary/aromatic N) is 1. The van der Waals surface area contributed by atoms with Gasteiger partial charge in [0.15, 0.2) is 0 Å². The number of rotatable bonds is 6. The van der Waals surface area contributed by atoms with E-state index < -0.39 is 11.7 Å². The van der Waals surface area contributed by atoms with Gasteiger partial charge < -0.3 is 4.79 Å². The summed E-state index contributed by atoms with van der Waals surface area (Å²) in [6, 6.07) is 2.04. The zero-order chi connectivity index (χ0) is 23.3. The number of hydrogen-bond acceptors (Lipinski definition) is 2. The molecule has 1 N–H and O–H groups in total. The van der Waals surface area contributed by atoms with Gasteiger partial charge in [0.2, 0.25) is 0 Å². The van der Waals surface area contributed by atoms with Gasteiger partial charge in [-0.05, 0) is 70.1 Å². The predicted molar refractivity (Wildman–Crippen MR) is 119 cm³/mol. The standard InChI is InChI=1S/C14H19F3O.C8H12N2.C2H6/c1-3-5-11(8-10(2)18)12-6-4-7-13(9-12)14(15,16)17;1-4-6(2)8-5-7(3)9-10-8;1-2/h6,9,11H,3-5,7-8H2,1-2H3;4-5H,1-3H3,(H,9,10);1-2H3/b;6-4+;. The summed E-state index contributed by atoms with van der Waals surface area (Å²) in [5.41, 5.74) is 3.58. The number of alkyl halides is 3. The van der Waals surface area contributed by atoms with Gasteiger partial charge in [-0.15, -0.1) is 0 Å². The van der Waals surface area contributed by atoms with Gasteiger partial charge in [0.25, 0.3) is 0 Å². The van der Waals surface area contributed by atoms with Crippen LogP contribution in [0, 0.1) is 12.8 Å². The quantitative estimate of drug-likeness (QED) is 0.505. The number of hydrogen-bond donors (Lipinski definition) is 1. The highest BCUT2D eigenvalue weighted by molar-refractivity contribution is 5.76. The van der Waals surface area contributed by atoms with Crippen molar-refractivity contribution in [2.45, 2.75) is 86.7 Å². The molecule has 170 valence electrons. The minimum absolute atomic E-state index is 0.0295. The van der Waals surface area contributed by atoms with Crippen LogP contribution in [0.2, 0.25) is 0 Å². The van der Waals surface area contributed by atoms with Gasteiger partial charge in [-0.25, -0.2) is 0 Å². The van der Waals surface area contributed by atoms with Gasteiger partial charge >= 0.3 is 6.18 Å². The molecule has 0 saturated carbocycles. The third kappa shape index (κ3) is 10.1. The Balaban J connectivity index is 0.000000590. The molecule has 0 saturated heterocycles. The van der Waals surface area contributed by atoms with Crippen molar-refractivity contribution < 1.29 is 18.0 Å². The minimum atomic E-state index is -4.24. The Morgan fingerprint density at radius 1 is 1.30 bits per heavy atom. The molecule has 0 spiro atoms. The SMILES string of the molecule is C/C=C(\C)c1cc(C)[nH]n1.CC.CCCC(CC(C)=O)C1=CCCC(C(F)(F)F)=C1. The van der Waals surface area contributed by atoms with E-state index in [1.165, 1.54) is 18.6 Å². The lowest BCUT2D eigenvalue weighted by atomic mass is 9.85. The fourth-order valence-electron chi connectivity index (χ4n) is 3.08. The van der Waals surface area contributed by atoms with E-state index >= 15 is 0 Å². The summed E-state index contributed by atoms with van der Waals surface area (Å²) >= 11 is 0. The zero-order valence-corrected chi connectivity index (χ0v) is 19.4. The Morgan fingerprint density at radius 3 is 2.37 bits per heavy atom. The molecule has 0 aromatic carbocycles. The Bertz CT molecular complexity index is 740. The molecule has 30 heavy (non-hydrogen) atoms. The second-order valence-corrected chi connectivity index (χ2v) is 7.21. The number of nitrogens with one attached hydrogen (secondary N) is 1. The first-order chi connectivity index (χ1) is 14.1. The lowest BCUT2D eigenvalue weighted by Gasteiger charge is -2.22. The molecular weight excluding hydrogens is 389 g/mol. The highest BCUT2D eigenvalue weighted by atomic mass is 19.4. The van der Waals surface area contributed by atoms with E-state index in [0.29, 0.717) is 18.4 Å². The van der Waals surface area contributed by atoms with Gasteiger partial charge in [-0.2, -0.15) is 18.3 Å². The molecule has 0 radical (unpaired) electrons. The molecule has 0 fully saturated rings. The van der Waals surface area contributed by atoms with E-state index in [0.717, 1.165) is 24.2 Å². The molecule has 0 aliphatic heterocycles. The van der Waals surface area contributed by atoms with Crippen LogP contribution < -0.4 is 0 Å². The third-order valence-corrected chi connectivity index (χ3v) is 4.68. The number of Topliss-reactive ketones (excluding diaryl/α,β-unsaturated/α-hetero) is 1. The number of carbonyl (C=O) groups excluding carboxylic acids is 1. The molecule has 6 heteroatoms. The van der Waals surface area contributed by atoms with E-state index in [-0.39, 0.29) is 18.1 Å². The van der Waals surface area contributed by atoms with Gasteiger partial charge in [0.05, 0.1) is 5.69 Å². The van der Waals surface area contributed by atoms with Crippen LogP contribution in [0.3, 0.4) is 0 Å². The van der Waals surface area contributed by atoms with E-state index in [4.69, 9.17) is 0 Å². The Kier molecular flexibility index (Phi) is 13.0. The van der Waals surface area contributed by atoms with Crippen molar-refractivity contribution >= 4 is 11.4 Å². The lowest BCUT2D eigenvalue weighted by Crippen LogP contribution is -2.16. The van der Waals surface area contributed by atoms with Gasteiger partial charge in [0.1, 0.15) is 5.78 Å². The maximum atomic E-state index is 12.7. The Labute approximate surface area is 179 Å². The van der Waals surface area contributed by atoms with Gasteiger partial charge in [-0.3, -0.25) is 5.10 Å². The second kappa shape index (κ2) is 14.0. The topological polar surface area (TPSA) is 45.8 Å². The summed E-state index contributed by atoms with van der Waals surface area (Å²) in [6.45, 7) is 13.5. The van der Waals surface area contributed by atoms with Gasteiger partial charge in [0, 0.05) is 17.7 Å². The first kappa shape index (κ1) is 27.9. The molecule has 1 unspecified atom stereocenters. The van der Waals surface area contributed by atoms with Crippen molar-refractivity contribution in [3.8, 4) is 0 Å². The summed E-state index contributed by atoms with van der Waals surface area (Å²) < 4.78 is 38.0. The first-order valence-corrected chi connectivity index (χ1v) is 10.7. The highest BCUT2D eigenvalue weighted by Gasteiger charge is 2.34. The van der Waals surface area contributed by atoms with Crippen molar-refractivity contribution in [2.24, 2.45) is 5.92 Å². The average molecular weight is 427 g/mol. The second-order valence-electron chi connectivity index (χ2n) is 7.21. The molecule has 1 aromatic heterocycles. The van der Waals surface area contributed by atoms with Crippen molar-refractivity contribution in [3.63, 3.8) is 0 Å². The fourth-order valence-corrected chi connectivity index (χ4v) is 3.08. The molecule has 1 atom stereocenters. The van der Waals surface area contributed by atoms with E-state index in [2.05, 4.69) is 23.2 Å². The number of aromatic amines is 1. The van der Waals surface area contributed by atoms with E-state index in [1.54, 1.807) is 0 Å². The summed E-state index contributed by atoms with van der Waals surface area (Å²) in [5, 5.41) is 6.99. The monoisotopic (exact) mass is 426 g/mol. The number of carbonyl (C=O) groups is 1. The van der Waals surface area contributed by atoms with Crippen LogP contribution in [-0.2, 0) is 4.79 Å². The van der Waals surface area contributed by atoms with Crippen LogP contribution in [0.25, 0.3) is 5.57 Å². The smallest absolute Gasteiger partial charge is 0.300 e. The molecule has 1 aromatic rings. The van der Waals surface area contributed by atoms with Crippen LogP contribution in [-0.4, -0.2) is 22.2 Å². The number of H-pyrrole nitrogens is 1. The van der Waals surface area contributed by atoms with Crippen molar-refractivity contribution in [3.05, 3.63) is 46.8 Å². The lowest BCUT2D eigenvalue weighted by molar-refractivity contribution is -0.117. The number of allylic oxidation sites excluding steroid dienone is 6. The van der Waals surface area contributed by atoms with Crippen LogP contribution in [0.5, 0.6) is 0 Å². The molecule has 1 aliphatic rings. The van der Waals surface area contributed by atoms with Crippen LogP contribution >= 0.6 is 0 Å². The summed E-state index contributed by atoms with van der Waals surface area (Å²) in [6.07, 6.45) is 3.32. The average Bonchev–Trinajstić information content (AvgIpc) is 3.14. The predicted octanol–water partition coefficient (Wildman–Crippen LogP) is 7.76. The summed E-state index contributed by atoms with van der Waals surface area (Å²) in [5.74, 6) is -0.0352. The summed E-state index contributed by atoms with van der Waals surface area (Å²) in [4.78, 5) is 11.2. The minimum Gasteiger partial charge on any atom is -0.300 e. The fraction of sp³-hybridized carbons (Fsp3) is 0.583. The first-order valence-electron chi connectivity index (χ1n) is 10.7. The van der Waals surface area contributed by atoms with E-state index in [9.17, 15) is 18.0 Å². The maximum Gasteiger partial charge on any atom is 0.412 e. The number of ketones is 1. The van der Waals surface area contributed by atoms with Crippen LogP contribution in [0.4, 0.5) is 13.2 Å². The Hall–Kier alpha value is -2.11. The largest absolute Gasteiger partial charge is 0.412 e. The number of aryl methyl sites for hydroxylation is 1.